The molecule has 0 spiro atoms. The van der Waals surface area contributed by atoms with Crippen molar-refractivity contribution in [1.82, 2.24) is 4.31 Å². The van der Waals surface area contributed by atoms with E-state index in [9.17, 15) is 30.8 Å². The van der Waals surface area contributed by atoms with Crippen molar-refractivity contribution in [3.8, 4) is 5.75 Å². The standard InChI is InChI=1S/C22H19F4NO5S/c23-16-6-10-20-15(12-16)13-21(31-20)33(29,30)27-11-1-2-18(27)19(28)9-5-14-3-7-17(8-4-14)32-22(24,25)26/h3-4,6-8,10,12-13,18H,1-2,5,9,11H2. The van der Waals surface area contributed by atoms with Gasteiger partial charge < -0.3 is 9.15 Å². The Bertz CT molecular complexity index is 1270. The van der Waals surface area contributed by atoms with Crippen molar-refractivity contribution in [2.45, 2.75) is 43.2 Å². The van der Waals surface area contributed by atoms with Gasteiger partial charge in [0.2, 0.25) is 5.09 Å². The van der Waals surface area contributed by atoms with Crippen LogP contribution < -0.4 is 4.74 Å². The molecule has 2 heterocycles. The molecule has 176 valence electrons. The fraction of sp³-hybridized carbons (Fsp3) is 0.318. The Kier molecular flexibility index (Phi) is 6.19. The van der Waals surface area contributed by atoms with Gasteiger partial charge >= 0.3 is 6.36 Å². The molecular weight excluding hydrogens is 466 g/mol. The number of fused-ring (bicyclic) bond motifs is 1. The van der Waals surface area contributed by atoms with Crippen LogP contribution in [0.1, 0.15) is 24.8 Å². The summed E-state index contributed by atoms with van der Waals surface area (Å²) in [6, 6.07) is 9.18. The number of ether oxygens (including phenoxy) is 1. The predicted molar refractivity (Wildman–Crippen MR) is 110 cm³/mol. The van der Waals surface area contributed by atoms with Gasteiger partial charge in [-0.25, -0.2) is 12.8 Å². The zero-order valence-electron chi connectivity index (χ0n) is 17.1. The molecule has 1 aliphatic rings. The highest BCUT2D eigenvalue weighted by Gasteiger charge is 2.40. The van der Waals surface area contributed by atoms with Crippen molar-refractivity contribution in [2.24, 2.45) is 0 Å². The van der Waals surface area contributed by atoms with Gasteiger partial charge in [-0.3, -0.25) is 4.79 Å². The Hall–Kier alpha value is -2.92. The number of furan rings is 1. The average molecular weight is 485 g/mol. The van der Waals surface area contributed by atoms with E-state index >= 15 is 0 Å². The second-order valence-corrected chi connectivity index (χ2v) is 9.50. The van der Waals surface area contributed by atoms with Gasteiger partial charge in [-0.05, 0) is 55.2 Å². The molecule has 3 aromatic rings. The number of carbonyl (C=O) groups excluding carboxylic acids is 1. The van der Waals surface area contributed by atoms with E-state index in [1.807, 2.05) is 0 Å². The molecule has 33 heavy (non-hydrogen) atoms. The monoisotopic (exact) mass is 485 g/mol. The molecule has 0 radical (unpaired) electrons. The van der Waals surface area contributed by atoms with E-state index in [0.29, 0.717) is 23.8 Å². The number of aryl methyl sites for hydroxylation is 1. The van der Waals surface area contributed by atoms with E-state index in [0.717, 1.165) is 28.6 Å². The Morgan fingerprint density at radius 3 is 2.55 bits per heavy atom. The largest absolute Gasteiger partial charge is 0.573 e. The molecule has 1 atom stereocenters. The minimum Gasteiger partial charge on any atom is -0.443 e. The fourth-order valence-corrected chi connectivity index (χ4v) is 5.50. The van der Waals surface area contributed by atoms with Crippen molar-refractivity contribution in [1.29, 1.82) is 0 Å². The minimum absolute atomic E-state index is 0.0154. The van der Waals surface area contributed by atoms with Gasteiger partial charge in [0.1, 0.15) is 17.1 Å². The Labute approximate surface area is 186 Å². The number of hydrogen-bond acceptors (Lipinski definition) is 5. The first kappa shape index (κ1) is 23.2. The summed E-state index contributed by atoms with van der Waals surface area (Å²) >= 11 is 0. The van der Waals surface area contributed by atoms with Gasteiger partial charge in [0.05, 0.1) is 6.04 Å². The summed E-state index contributed by atoms with van der Waals surface area (Å²) in [5, 5.41) is -0.0587. The summed E-state index contributed by atoms with van der Waals surface area (Å²) in [6.07, 6.45) is -3.69. The zero-order valence-corrected chi connectivity index (χ0v) is 18.0. The number of nitrogens with zero attached hydrogens (tertiary/aromatic N) is 1. The fourth-order valence-electron chi connectivity index (χ4n) is 3.87. The molecular formula is C22H19F4NO5S. The first-order valence-corrected chi connectivity index (χ1v) is 11.6. The number of Topliss-reactive ketones (excluding diaryl/α,β-unsaturated/α-hetero) is 1. The number of halogens is 4. The number of hydrogen-bond donors (Lipinski definition) is 0. The van der Waals surface area contributed by atoms with Crippen molar-refractivity contribution in [2.75, 3.05) is 6.54 Å². The highest BCUT2D eigenvalue weighted by Crippen LogP contribution is 2.31. The van der Waals surface area contributed by atoms with Crippen molar-refractivity contribution in [3.05, 3.63) is 59.9 Å². The molecule has 0 N–H and O–H groups in total. The molecule has 1 fully saturated rings. The topological polar surface area (TPSA) is 76.8 Å². The Morgan fingerprint density at radius 2 is 1.85 bits per heavy atom. The lowest BCUT2D eigenvalue weighted by Crippen LogP contribution is -2.40. The third-order valence-electron chi connectivity index (χ3n) is 5.41. The molecule has 4 rings (SSSR count). The lowest BCUT2D eigenvalue weighted by Gasteiger charge is -2.21. The van der Waals surface area contributed by atoms with Crippen LogP contribution in [0.3, 0.4) is 0 Å². The Morgan fingerprint density at radius 1 is 1.12 bits per heavy atom. The normalized spacial score (nSPS) is 17.5. The van der Waals surface area contributed by atoms with E-state index in [2.05, 4.69) is 4.74 Å². The van der Waals surface area contributed by atoms with Gasteiger partial charge in [0.25, 0.3) is 10.0 Å². The second kappa shape index (κ2) is 8.79. The molecule has 1 aliphatic heterocycles. The molecule has 2 aromatic carbocycles. The van der Waals surface area contributed by atoms with Gasteiger partial charge in [0, 0.05) is 24.4 Å². The van der Waals surface area contributed by atoms with Gasteiger partial charge in [-0.2, -0.15) is 4.31 Å². The first-order chi connectivity index (χ1) is 15.5. The quantitative estimate of drug-likeness (QED) is 0.449. The number of alkyl halides is 3. The van der Waals surface area contributed by atoms with Crippen LogP contribution in [0.4, 0.5) is 17.6 Å². The molecule has 0 amide bonds. The third kappa shape index (κ3) is 5.19. The maximum Gasteiger partial charge on any atom is 0.573 e. The van der Waals surface area contributed by atoms with E-state index in [1.165, 1.54) is 24.3 Å². The lowest BCUT2D eigenvalue weighted by molar-refractivity contribution is -0.274. The van der Waals surface area contributed by atoms with E-state index < -0.39 is 28.2 Å². The van der Waals surface area contributed by atoms with Crippen LogP contribution in [0.2, 0.25) is 0 Å². The number of carbonyl (C=O) groups is 1. The molecule has 0 aliphatic carbocycles. The van der Waals surface area contributed by atoms with Crippen molar-refractivity contribution < 1.29 is 39.9 Å². The van der Waals surface area contributed by atoms with E-state index in [1.54, 1.807) is 0 Å². The number of rotatable bonds is 7. The first-order valence-electron chi connectivity index (χ1n) is 10.1. The molecule has 0 bridgehead atoms. The van der Waals surface area contributed by atoms with E-state index in [-0.39, 0.29) is 41.6 Å². The molecule has 6 nitrogen and oxygen atoms in total. The van der Waals surface area contributed by atoms with Crippen LogP contribution in [0.15, 0.2) is 58.0 Å². The second-order valence-electron chi connectivity index (χ2n) is 7.68. The summed E-state index contributed by atoms with van der Waals surface area (Å²) in [6.45, 7) is 0.146. The Balaban J connectivity index is 1.44. The smallest absolute Gasteiger partial charge is 0.443 e. The summed E-state index contributed by atoms with van der Waals surface area (Å²) in [4.78, 5) is 12.8. The summed E-state index contributed by atoms with van der Waals surface area (Å²) in [5.74, 6) is -1.19. The third-order valence-corrected chi connectivity index (χ3v) is 7.18. The predicted octanol–water partition coefficient (Wildman–Crippen LogP) is 4.83. The number of sulfonamides is 1. The maximum atomic E-state index is 13.4. The van der Waals surface area contributed by atoms with Crippen LogP contribution >= 0.6 is 0 Å². The molecule has 0 saturated carbocycles. The number of benzene rings is 2. The van der Waals surface area contributed by atoms with Crippen LogP contribution in [0.25, 0.3) is 11.0 Å². The average Bonchev–Trinajstić information content (AvgIpc) is 3.39. The number of ketones is 1. The molecule has 11 heteroatoms. The molecule has 1 unspecified atom stereocenters. The molecule has 1 aromatic heterocycles. The van der Waals surface area contributed by atoms with Crippen LogP contribution in [0, 0.1) is 5.82 Å². The van der Waals surface area contributed by atoms with Gasteiger partial charge in [-0.15, -0.1) is 13.2 Å². The van der Waals surface area contributed by atoms with Crippen molar-refractivity contribution in [3.63, 3.8) is 0 Å². The minimum atomic E-state index is -4.79. The lowest BCUT2D eigenvalue weighted by atomic mass is 10.0. The summed E-state index contributed by atoms with van der Waals surface area (Å²) < 4.78 is 86.7. The van der Waals surface area contributed by atoms with Crippen LogP contribution in [-0.4, -0.2) is 37.5 Å². The molecule has 1 saturated heterocycles. The van der Waals surface area contributed by atoms with E-state index in [4.69, 9.17) is 4.42 Å². The highest BCUT2D eigenvalue weighted by molar-refractivity contribution is 7.89. The van der Waals surface area contributed by atoms with Crippen LogP contribution in [-0.2, 0) is 21.2 Å². The maximum absolute atomic E-state index is 13.4. The zero-order chi connectivity index (χ0) is 23.8. The van der Waals surface area contributed by atoms with Crippen molar-refractivity contribution >= 4 is 26.8 Å². The van der Waals surface area contributed by atoms with Gasteiger partial charge in [0.15, 0.2) is 5.78 Å². The SMILES string of the molecule is O=C(CCc1ccc(OC(F)(F)F)cc1)C1CCCN1S(=O)(=O)c1cc2cc(F)ccc2o1. The summed E-state index contributed by atoms with van der Waals surface area (Å²) in [5.41, 5.74) is 0.833. The highest BCUT2D eigenvalue weighted by atomic mass is 32.2. The summed E-state index contributed by atoms with van der Waals surface area (Å²) in [7, 11) is -4.11. The van der Waals surface area contributed by atoms with Crippen LogP contribution in [0.5, 0.6) is 5.75 Å². The van der Waals surface area contributed by atoms with Gasteiger partial charge in [-0.1, -0.05) is 12.1 Å².